The third kappa shape index (κ3) is 3.14. The average Bonchev–Trinajstić information content (AvgIpc) is 3.61. The molecule has 9 nitrogen and oxygen atoms in total. The first kappa shape index (κ1) is 20.7. The van der Waals surface area contributed by atoms with Gasteiger partial charge in [0.2, 0.25) is 11.8 Å². The van der Waals surface area contributed by atoms with Gasteiger partial charge in [0.25, 0.3) is 5.91 Å². The van der Waals surface area contributed by atoms with E-state index in [0.717, 1.165) is 37.3 Å². The van der Waals surface area contributed by atoms with E-state index in [1.165, 1.54) is 0 Å². The van der Waals surface area contributed by atoms with Crippen LogP contribution in [0.25, 0.3) is 11.1 Å². The van der Waals surface area contributed by atoms with Gasteiger partial charge in [0, 0.05) is 37.8 Å². The molecule has 3 aliphatic heterocycles. The van der Waals surface area contributed by atoms with Crippen molar-refractivity contribution in [2.45, 2.75) is 31.2 Å². The molecule has 2 aromatic heterocycles. The lowest BCUT2D eigenvalue weighted by Crippen LogP contribution is -2.46. The summed E-state index contributed by atoms with van der Waals surface area (Å²) < 4.78 is 11.4. The molecule has 1 atom stereocenters. The molecule has 0 aliphatic carbocycles. The van der Waals surface area contributed by atoms with Gasteiger partial charge in [-0.25, -0.2) is 4.98 Å². The molecule has 34 heavy (non-hydrogen) atoms. The molecule has 0 spiro atoms. The second-order valence-corrected chi connectivity index (χ2v) is 9.18. The van der Waals surface area contributed by atoms with Crippen LogP contribution in [0.5, 0.6) is 5.75 Å². The third-order valence-corrected chi connectivity index (χ3v) is 7.07. The number of benzene rings is 1. The van der Waals surface area contributed by atoms with Crippen molar-refractivity contribution >= 4 is 34.6 Å². The van der Waals surface area contributed by atoms with Crippen molar-refractivity contribution in [2.75, 3.05) is 31.6 Å². The summed E-state index contributed by atoms with van der Waals surface area (Å²) in [7, 11) is 1.55. The van der Waals surface area contributed by atoms with Crippen LogP contribution in [-0.2, 0) is 21.5 Å². The van der Waals surface area contributed by atoms with Crippen LogP contribution < -0.4 is 15.0 Å². The first-order chi connectivity index (χ1) is 16.5. The molecule has 1 N–H and O–H groups in total. The molecule has 9 heteroatoms. The van der Waals surface area contributed by atoms with Crippen molar-refractivity contribution in [1.29, 1.82) is 0 Å². The van der Waals surface area contributed by atoms with Gasteiger partial charge in [-0.3, -0.25) is 19.7 Å². The van der Waals surface area contributed by atoms with E-state index in [4.69, 9.17) is 14.1 Å². The van der Waals surface area contributed by atoms with Crippen LogP contribution >= 0.6 is 0 Å². The van der Waals surface area contributed by atoms with Crippen LogP contribution in [0.4, 0.5) is 5.82 Å². The third-order valence-electron chi connectivity index (χ3n) is 7.07. The zero-order valence-corrected chi connectivity index (χ0v) is 18.8. The number of anilines is 1. The summed E-state index contributed by atoms with van der Waals surface area (Å²) in [6, 6.07) is 10.9. The van der Waals surface area contributed by atoms with Gasteiger partial charge in [0.1, 0.15) is 28.3 Å². The fourth-order valence-electron chi connectivity index (χ4n) is 5.24. The summed E-state index contributed by atoms with van der Waals surface area (Å²) in [5.41, 5.74) is 1.26. The number of carbonyl (C=O) groups excluding carboxylic acids is 3. The fraction of sp³-hybridized carbons (Fsp3) is 0.360. The number of aromatic nitrogens is 1. The number of rotatable bonds is 5. The minimum Gasteiger partial charge on any atom is -0.497 e. The summed E-state index contributed by atoms with van der Waals surface area (Å²) in [6.45, 7) is 2.30. The number of furan rings is 1. The Kier molecular flexibility index (Phi) is 4.62. The van der Waals surface area contributed by atoms with Crippen molar-refractivity contribution in [3.8, 4) is 5.75 Å². The van der Waals surface area contributed by atoms with Gasteiger partial charge in [0.15, 0.2) is 5.58 Å². The molecule has 0 radical (unpaired) electrons. The van der Waals surface area contributed by atoms with Crippen molar-refractivity contribution in [3.63, 3.8) is 0 Å². The van der Waals surface area contributed by atoms with E-state index in [9.17, 15) is 14.4 Å². The lowest BCUT2D eigenvalue weighted by atomic mass is 9.82. The van der Waals surface area contributed by atoms with Gasteiger partial charge in [-0.05, 0) is 42.7 Å². The predicted molar refractivity (Wildman–Crippen MR) is 123 cm³/mol. The zero-order valence-electron chi connectivity index (χ0n) is 18.8. The predicted octanol–water partition coefficient (Wildman–Crippen LogP) is 2.38. The van der Waals surface area contributed by atoms with Crippen LogP contribution in [0.2, 0.25) is 0 Å². The van der Waals surface area contributed by atoms with Crippen molar-refractivity contribution in [3.05, 3.63) is 53.3 Å². The van der Waals surface area contributed by atoms with E-state index in [0.29, 0.717) is 34.7 Å². The van der Waals surface area contributed by atoms with Gasteiger partial charge in [0.05, 0.1) is 13.5 Å². The van der Waals surface area contributed by atoms with Crippen LogP contribution in [-0.4, -0.2) is 54.3 Å². The van der Waals surface area contributed by atoms with Crippen LogP contribution in [0.3, 0.4) is 0 Å². The van der Waals surface area contributed by atoms with Gasteiger partial charge in [-0.2, -0.15) is 0 Å². The second-order valence-electron chi connectivity index (χ2n) is 9.18. The van der Waals surface area contributed by atoms with Crippen LogP contribution in [0.1, 0.15) is 40.9 Å². The molecule has 1 aromatic carbocycles. The molecule has 174 valence electrons. The van der Waals surface area contributed by atoms with E-state index in [1.807, 2.05) is 18.2 Å². The number of nitrogens with zero attached hydrogens (tertiary/aromatic N) is 3. The highest BCUT2D eigenvalue weighted by Gasteiger charge is 2.53. The largest absolute Gasteiger partial charge is 0.497 e. The lowest BCUT2D eigenvalue weighted by Gasteiger charge is -2.28. The van der Waals surface area contributed by atoms with E-state index >= 15 is 0 Å². The molecular formula is C25H24N4O5. The minimum atomic E-state index is -1.31. The highest BCUT2D eigenvalue weighted by atomic mass is 16.5. The summed E-state index contributed by atoms with van der Waals surface area (Å²) in [5.74, 6) is 0.760. The Labute approximate surface area is 195 Å². The number of nitrogens with one attached hydrogen (secondary N) is 1. The first-order valence-corrected chi connectivity index (χ1v) is 11.4. The highest BCUT2D eigenvalue weighted by Crippen LogP contribution is 2.39. The Balaban J connectivity index is 1.36. The van der Waals surface area contributed by atoms with E-state index in [-0.39, 0.29) is 24.8 Å². The quantitative estimate of drug-likeness (QED) is 0.583. The van der Waals surface area contributed by atoms with Gasteiger partial charge in [-0.15, -0.1) is 0 Å². The molecule has 3 aromatic rings. The minimum absolute atomic E-state index is 0.0270. The Hall–Kier alpha value is -3.88. The summed E-state index contributed by atoms with van der Waals surface area (Å²) in [5, 5.41) is 2.41. The number of methoxy groups -OCH3 is 1. The number of amides is 3. The zero-order chi connectivity index (χ0) is 23.4. The Bertz CT molecular complexity index is 1340. The Morgan fingerprint density at radius 1 is 1.12 bits per heavy atom. The summed E-state index contributed by atoms with van der Waals surface area (Å²) in [4.78, 5) is 47.2. The van der Waals surface area contributed by atoms with Gasteiger partial charge < -0.3 is 19.0 Å². The normalized spacial score (nSPS) is 22.1. The lowest BCUT2D eigenvalue weighted by molar-refractivity contribution is -0.126. The second kappa shape index (κ2) is 7.58. The average molecular weight is 460 g/mol. The number of carbonyl (C=O) groups is 3. The molecule has 0 saturated carbocycles. The molecule has 6 rings (SSSR count). The van der Waals surface area contributed by atoms with E-state index < -0.39 is 11.3 Å². The number of ether oxygens (including phenoxy) is 1. The fourth-order valence-corrected chi connectivity index (χ4v) is 5.24. The summed E-state index contributed by atoms with van der Waals surface area (Å²) in [6.07, 6.45) is 2.19. The van der Waals surface area contributed by atoms with Crippen molar-refractivity contribution in [1.82, 2.24) is 15.2 Å². The topological polar surface area (TPSA) is 105 Å². The van der Waals surface area contributed by atoms with E-state index in [2.05, 4.69) is 10.2 Å². The number of pyridine rings is 1. The number of hydrogen-bond donors (Lipinski definition) is 1. The van der Waals surface area contributed by atoms with Crippen molar-refractivity contribution in [2.24, 2.45) is 0 Å². The standard InChI is InChI=1S/C25H24N4O5/c1-33-16-5-4-15-13-29(23(31)17(15)10-16)14-25(12-22(30)27-24(25)32)20-11-18-19(34-20)6-7-21(26-18)28-8-2-3-9-28/h4-7,10-11H,2-3,8-9,12-14H2,1H3,(H,27,30,32)/t25-/m1/s1. The van der Waals surface area contributed by atoms with Crippen molar-refractivity contribution < 1.29 is 23.5 Å². The SMILES string of the molecule is COc1ccc2c(c1)C(=O)N(C[C@@]1(c3cc4nc(N5CCCC5)ccc4o3)CC(=O)NC1=O)C2. The maximum Gasteiger partial charge on any atom is 0.254 e. The first-order valence-electron chi connectivity index (χ1n) is 11.4. The maximum atomic E-state index is 13.2. The van der Waals surface area contributed by atoms with Crippen LogP contribution in [0, 0.1) is 0 Å². The molecule has 2 fully saturated rings. The molecule has 5 heterocycles. The maximum absolute atomic E-state index is 13.2. The smallest absolute Gasteiger partial charge is 0.254 e. The Morgan fingerprint density at radius 2 is 1.94 bits per heavy atom. The molecule has 0 unspecified atom stereocenters. The molecule has 3 amide bonds. The monoisotopic (exact) mass is 460 g/mol. The number of fused-ring (bicyclic) bond motifs is 2. The van der Waals surface area contributed by atoms with E-state index in [1.54, 1.807) is 30.2 Å². The Morgan fingerprint density at radius 3 is 2.68 bits per heavy atom. The van der Waals surface area contributed by atoms with Gasteiger partial charge in [-0.1, -0.05) is 6.07 Å². The van der Waals surface area contributed by atoms with Gasteiger partial charge >= 0.3 is 0 Å². The molecule has 3 aliphatic rings. The number of imide groups is 1. The number of hydrogen-bond acceptors (Lipinski definition) is 7. The summed E-state index contributed by atoms with van der Waals surface area (Å²) >= 11 is 0. The molecular weight excluding hydrogens is 436 g/mol. The molecule has 2 saturated heterocycles. The molecule has 0 bridgehead atoms. The highest BCUT2D eigenvalue weighted by molar-refractivity contribution is 6.10. The van der Waals surface area contributed by atoms with Crippen LogP contribution in [0.15, 0.2) is 40.8 Å².